The normalized spacial score (nSPS) is 10.1. The fourth-order valence-electron chi connectivity index (χ4n) is 2.62. The quantitative estimate of drug-likeness (QED) is 0.732. The van der Waals surface area contributed by atoms with Gasteiger partial charge >= 0.3 is 0 Å². The second-order valence-electron chi connectivity index (χ2n) is 6.07. The number of rotatable bonds is 6. The Balaban J connectivity index is 1.67. The number of aromatic nitrogens is 2. The van der Waals surface area contributed by atoms with E-state index in [2.05, 4.69) is 26.3 Å². The average Bonchev–Trinajstić information content (AvgIpc) is 2.73. The van der Waals surface area contributed by atoms with Gasteiger partial charge in [-0.3, -0.25) is 14.8 Å². The molecule has 0 aliphatic rings. The molecule has 6 heteroatoms. The van der Waals surface area contributed by atoms with Crippen molar-refractivity contribution in [1.82, 2.24) is 9.97 Å². The van der Waals surface area contributed by atoms with Crippen molar-refractivity contribution < 1.29 is 4.79 Å². The smallest absolute Gasteiger partial charge is 0.274 e. The summed E-state index contributed by atoms with van der Waals surface area (Å²) in [7, 11) is 1.98. The molecule has 1 aromatic carbocycles. The average molecular weight is 357 g/mol. The third-order valence-corrected chi connectivity index (χ3v) is 4.15. The summed E-state index contributed by atoms with van der Waals surface area (Å²) in [5, 5.41) is 11.7. The van der Waals surface area contributed by atoms with Gasteiger partial charge in [0.1, 0.15) is 5.69 Å². The van der Waals surface area contributed by atoms with Crippen LogP contribution in [0.25, 0.3) is 0 Å². The minimum absolute atomic E-state index is 0.311. The molecule has 2 aromatic heterocycles. The van der Waals surface area contributed by atoms with Gasteiger partial charge < -0.3 is 10.2 Å². The van der Waals surface area contributed by atoms with E-state index in [0.29, 0.717) is 16.9 Å². The summed E-state index contributed by atoms with van der Waals surface area (Å²) >= 11 is 0. The molecule has 0 spiro atoms. The summed E-state index contributed by atoms with van der Waals surface area (Å²) in [6.45, 7) is 0.805. The fourth-order valence-corrected chi connectivity index (χ4v) is 2.62. The molecule has 3 rings (SSSR count). The number of hydrogen-bond acceptors (Lipinski definition) is 5. The Kier molecular flexibility index (Phi) is 5.75. The van der Waals surface area contributed by atoms with Crippen molar-refractivity contribution in [2.75, 3.05) is 23.8 Å². The first kappa shape index (κ1) is 18.1. The number of nitrogens with one attached hydrogen (secondary N) is 1. The van der Waals surface area contributed by atoms with Crippen molar-refractivity contribution in [3.63, 3.8) is 0 Å². The van der Waals surface area contributed by atoms with Crippen molar-refractivity contribution >= 4 is 17.3 Å². The molecule has 0 unspecified atom stereocenters. The summed E-state index contributed by atoms with van der Waals surface area (Å²) < 4.78 is 0. The van der Waals surface area contributed by atoms with E-state index in [1.807, 2.05) is 25.2 Å². The molecule has 6 nitrogen and oxygen atoms in total. The Morgan fingerprint density at radius 3 is 2.74 bits per heavy atom. The van der Waals surface area contributed by atoms with Crippen LogP contribution in [0.4, 0.5) is 11.4 Å². The molecule has 0 bridgehead atoms. The third-order valence-electron chi connectivity index (χ3n) is 4.15. The van der Waals surface area contributed by atoms with Crippen LogP contribution in [0.15, 0.2) is 67.1 Å². The summed E-state index contributed by atoms with van der Waals surface area (Å²) in [6.07, 6.45) is 6.07. The summed E-state index contributed by atoms with van der Waals surface area (Å²) in [6, 6.07) is 16.5. The maximum Gasteiger partial charge on any atom is 0.274 e. The van der Waals surface area contributed by atoms with Crippen molar-refractivity contribution in [3.05, 3.63) is 83.9 Å². The second kappa shape index (κ2) is 8.59. The molecular formula is C21H19N5O. The van der Waals surface area contributed by atoms with Crippen molar-refractivity contribution in [1.29, 1.82) is 5.26 Å². The first-order chi connectivity index (χ1) is 13.2. The molecule has 0 saturated heterocycles. The molecule has 0 fully saturated rings. The van der Waals surface area contributed by atoms with Gasteiger partial charge in [-0.05, 0) is 54.4 Å². The van der Waals surface area contributed by atoms with Gasteiger partial charge in [0.2, 0.25) is 0 Å². The first-order valence-corrected chi connectivity index (χ1v) is 8.53. The van der Waals surface area contributed by atoms with Gasteiger partial charge in [-0.2, -0.15) is 5.26 Å². The predicted molar refractivity (Wildman–Crippen MR) is 105 cm³/mol. The van der Waals surface area contributed by atoms with Crippen LogP contribution in [0.1, 0.15) is 21.6 Å². The monoisotopic (exact) mass is 357 g/mol. The van der Waals surface area contributed by atoms with Gasteiger partial charge in [-0.25, -0.2) is 0 Å². The van der Waals surface area contributed by atoms with Crippen LogP contribution in [0.2, 0.25) is 0 Å². The van der Waals surface area contributed by atoms with Crippen molar-refractivity contribution in [2.24, 2.45) is 0 Å². The van der Waals surface area contributed by atoms with Gasteiger partial charge in [0.15, 0.2) is 0 Å². The minimum atomic E-state index is -0.311. The van der Waals surface area contributed by atoms with Gasteiger partial charge in [-0.15, -0.1) is 0 Å². The van der Waals surface area contributed by atoms with Gasteiger partial charge in [0.05, 0.1) is 11.6 Å². The number of nitriles is 1. The van der Waals surface area contributed by atoms with E-state index >= 15 is 0 Å². The SMILES string of the molecule is CN(CCc1ccncc1)c1ccnc(C(=O)Nc2cccc(C#N)c2)c1. The Hall–Kier alpha value is -3.72. The summed E-state index contributed by atoms with van der Waals surface area (Å²) in [5.41, 5.74) is 3.50. The van der Waals surface area contributed by atoms with E-state index < -0.39 is 0 Å². The Morgan fingerprint density at radius 2 is 1.96 bits per heavy atom. The molecule has 0 radical (unpaired) electrons. The number of benzene rings is 1. The van der Waals surface area contributed by atoms with Crippen LogP contribution in [0.5, 0.6) is 0 Å². The predicted octanol–water partition coefficient (Wildman–Crippen LogP) is 3.28. The number of anilines is 2. The molecular weight excluding hydrogens is 338 g/mol. The molecule has 1 N–H and O–H groups in total. The largest absolute Gasteiger partial charge is 0.374 e. The van der Waals surface area contributed by atoms with E-state index in [0.717, 1.165) is 18.7 Å². The highest BCUT2D eigenvalue weighted by molar-refractivity contribution is 6.03. The number of carbonyl (C=O) groups is 1. The van der Waals surface area contributed by atoms with Crippen molar-refractivity contribution in [2.45, 2.75) is 6.42 Å². The standard InChI is InChI=1S/C21H19N5O/c1-26(12-8-16-5-9-23-10-6-16)19-7-11-24-20(14-19)21(27)25-18-4-2-3-17(13-18)15-22/h2-7,9-11,13-14H,8,12H2,1H3,(H,25,27). The highest BCUT2D eigenvalue weighted by atomic mass is 16.1. The molecule has 3 aromatic rings. The molecule has 1 amide bonds. The number of likely N-dealkylation sites (N-methyl/N-ethyl adjacent to an activating group) is 1. The lowest BCUT2D eigenvalue weighted by molar-refractivity contribution is 0.102. The van der Waals surface area contributed by atoms with Crippen LogP contribution in [0, 0.1) is 11.3 Å². The van der Waals surface area contributed by atoms with Gasteiger partial charge in [0.25, 0.3) is 5.91 Å². The number of hydrogen-bond donors (Lipinski definition) is 1. The number of carbonyl (C=O) groups excluding carboxylic acids is 1. The van der Waals surface area contributed by atoms with Crippen LogP contribution >= 0.6 is 0 Å². The van der Waals surface area contributed by atoms with Gasteiger partial charge in [-0.1, -0.05) is 6.07 Å². The van der Waals surface area contributed by atoms with Crippen LogP contribution in [-0.4, -0.2) is 29.5 Å². The second-order valence-corrected chi connectivity index (χ2v) is 6.07. The maximum absolute atomic E-state index is 12.5. The molecule has 2 heterocycles. The van der Waals surface area contributed by atoms with Crippen LogP contribution in [-0.2, 0) is 6.42 Å². The fraction of sp³-hybridized carbons (Fsp3) is 0.143. The third kappa shape index (κ3) is 4.89. The highest BCUT2D eigenvalue weighted by Gasteiger charge is 2.11. The lowest BCUT2D eigenvalue weighted by Crippen LogP contribution is -2.21. The maximum atomic E-state index is 12.5. The Morgan fingerprint density at radius 1 is 1.15 bits per heavy atom. The molecule has 0 aliphatic heterocycles. The molecule has 0 saturated carbocycles. The minimum Gasteiger partial charge on any atom is -0.374 e. The van der Waals surface area contributed by atoms with Crippen LogP contribution < -0.4 is 10.2 Å². The van der Waals surface area contributed by atoms with Crippen molar-refractivity contribution in [3.8, 4) is 6.07 Å². The number of nitrogens with zero attached hydrogens (tertiary/aromatic N) is 4. The first-order valence-electron chi connectivity index (χ1n) is 8.53. The Labute approximate surface area is 158 Å². The Bertz CT molecular complexity index is 966. The van der Waals surface area contributed by atoms with Crippen LogP contribution in [0.3, 0.4) is 0 Å². The van der Waals surface area contributed by atoms with Gasteiger partial charge in [0, 0.05) is 43.6 Å². The number of amides is 1. The van der Waals surface area contributed by atoms with E-state index in [1.165, 1.54) is 5.56 Å². The topological polar surface area (TPSA) is 81.9 Å². The number of pyridine rings is 2. The highest BCUT2D eigenvalue weighted by Crippen LogP contribution is 2.16. The zero-order valence-corrected chi connectivity index (χ0v) is 15.0. The summed E-state index contributed by atoms with van der Waals surface area (Å²) in [5.74, 6) is -0.311. The van der Waals surface area contributed by atoms with E-state index in [-0.39, 0.29) is 5.91 Å². The zero-order chi connectivity index (χ0) is 19.1. The molecule has 27 heavy (non-hydrogen) atoms. The van der Waals surface area contributed by atoms with E-state index in [4.69, 9.17) is 5.26 Å². The molecule has 134 valence electrons. The summed E-state index contributed by atoms with van der Waals surface area (Å²) in [4.78, 5) is 22.8. The lowest BCUT2D eigenvalue weighted by Gasteiger charge is -2.19. The molecule has 0 aliphatic carbocycles. The lowest BCUT2D eigenvalue weighted by atomic mass is 10.2. The zero-order valence-electron chi connectivity index (χ0n) is 15.0. The van der Waals surface area contributed by atoms with E-state index in [9.17, 15) is 4.79 Å². The van der Waals surface area contributed by atoms with E-state index in [1.54, 1.807) is 48.9 Å². The molecule has 0 atom stereocenters.